The van der Waals surface area contributed by atoms with E-state index >= 15 is 0 Å². The fourth-order valence-electron chi connectivity index (χ4n) is 2.45. The largest absolute Gasteiger partial charge is 0.368 e. The van der Waals surface area contributed by atoms with E-state index in [1.807, 2.05) is 24.3 Å². The predicted octanol–water partition coefficient (Wildman–Crippen LogP) is 2.04. The minimum Gasteiger partial charge on any atom is -0.368 e. The third kappa shape index (κ3) is 3.00. The molecule has 1 unspecified atom stereocenters. The summed E-state index contributed by atoms with van der Waals surface area (Å²) in [6, 6.07) is 7.75. The summed E-state index contributed by atoms with van der Waals surface area (Å²) in [4.78, 5) is 18.1. The molecule has 0 radical (unpaired) electrons. The first kappa shape index (κ1) is 13.9. The van der Waals surface area contributed by atoms with E-state index < -0.39 is 0 Å². The molecule has 21 heavy (non-hydrogen) atoms. The zero-order chi connectivity index (χ0) is 14.8. The summed E-state index contributed by atoms with van der Waals surface area (Å²) in [5.74, 6) is 0.144. The van der Waals surface area contributed by atoms with Crippen LogP contribution in [0, 0.1) is 6.92 Å². The number of nitrogens with zero attached hydrogens (tertiary/aromatic N) is 3. The van der Waals surface area contributed by atoms with E-state index in [0.717, 1.165) is 23.7 Å². The number of benzene rings is 1. The van der Waals surface area contributed by atoms with Gasteiger partial charge in [-0.3, -0.25) is 4.79 Å². The minimum atomic E-state index is -0.308. The third-order valence-electron chi connectivity index (χ3n) is 3.45. The van der Waals surface area contributed by atoms with Crippen LogP contribution in [0.4, 0.5) is 5.69 Å². The highest BCUT2D eigenvalue weighted by Crippen LogP contribution is 2.28. The SMILES string of the molecule is Cc1nc(C(=O)NC2CCN(c3ccccc3Cl)C2)no1. The lowest BCUT2D eigenvalue weighted by Crippen LogP contribution is -2.37. The van der Waals surface area contributed by atoms with Gasteiger partial charge in [-0.15, -0.1) is 0 Å². The van der Waals surface area contributed by atoms with Gasteiger partial charge in [-0.05, 0) is 18.6 Å². The van der Waals surface area contributed by atoms with E-state index in [1.54, 1.807) is 6.92 Å². The maximum absolute atomic E-state index is 12.0. The molecule has 2 heterocycles. The van der Waals surface area contributed by atoms with E-state index in [2.05, 4.69) is 20.4 Å². The van der Waals surface area contributed by atoms with Crippen molar-refractivity contribution in [2.45, 2.75) is 19.4 Å². The van der Waals surface area contributed by atoms with Crippen LogP contribution in [0.15, 0.2) is 28.8 Å². The molecule has 0 spiro atoms. The molecule has 6 nitrogen and oxygen atoms in total. The average Bonchev–Trinajstić information content (AvgIpc) is 3.08. The first-order valence-corrected chi connectivity index (χ1v) is 7.12. The van der Waals surface area contributed by atoms with Gasteiger partial charge >= 0.3 is 0 Å². The number of nitrogens with one attached hydrogen (secondary N) is 1. The van der Waals surface area contributed by atoms with Crippen LogP contribution in [0.25, 0.3) is 0 Å². The van der Waals surface area contributed by atoms with Crippen LogP contribution in [-0.4, -0.2) is 35.2 Å². The normalized spacial score (nSPS) is 18.0. The van der Waals surface area contributed by atoms with Crippen molar-refractivity contribution in [1.82, 2.24) is 15.5 Å². The Morgan fingerprint density at radius 3 is 3.00 bits per heavy atom. The Morgan fingerprint density at radius 2 is 2.29 bits per heavy atom. The van der Waals surface area contributed by atoms with Crippen molar-refractivity contribution in [3.63, 3.8) is 0 Å². The van der Waals surface area contributed by atoms with E-state index in [0.29, 0.717) is 12.4 Å². The van der Waals surface area contributed by atoms with Gasteiger partial charge in [-0.2, -0.15) is 4.98 Å². The molecule has 0 saturated carbocycles. The van der Waals surface area contributed by atoms with Gasteiger partial charge in [0, 0.05) is 26.1 Å². The zero-order valence-electron chi connectivity index (χ0n) is 11.5. The van der Waals surface area contributed by atoms with Crippen LogP contribution in [0.5, 0.6) is 0 Å². The Kier molecular flexibility index (Phi) is 3.79. The quantitative estimate of drug-likeness (QED) is 0.939. The van der Waals surface area contributed by atoms with Gasteiger partial charge in [-0.1, -0.05) is 28.9 Å². The Labute approximate surface area is 127 Å². The van der Waals surface area contributed by atoms with E-state index in [9.17, 15) is 4.79 Å². The average molecular weight is 307 g/mol. The second-order valence-corrected chi connectivity index (χ2v) is 5.40. The van der Waals surface area contributed by atoms with Crippen molar-refractivity contribution < 1.29 is 9.32 Å². The van der Waals surface area contributed by atoms with Crippen LogP contribution in [0.3, 0.4) is 0 Å². The van der Waals surface area contributed by atoms with Crippen molar-refractivity contribution in [3.8, 4) is 0 Å². The molecule has 1 aliphatic rings. The molecule has 0 aliphatic carbocycles. The summed E-state index contributed by atoms with van der Waals surface area (Å²) < 4.78 is 4.81. The first-order chi connectivity index (χ1) is 10.1. The third-order valence-corrected chi connectivity index (χ3v) is 3.77. The molecule has 1 N–H and O–H groups in total. The van der Waals surface area contributed by atoms with Gasteiger partial charge in [-0.25, -0.2) is 0 Å². The zero-order valence-corrected chi connectivity index (χ0v) is 12.3. The second-order valence-electron chi connectivity index (χ2n) is 4.99. The molecule has 1 aromatic heterocycles. The van der Waals surface area contributed by atoms with Gasteiger partial charge in [0.2, 0.25) is 5.89 Å². The molecule has 3 rings (SSSR count). The highest BCUT2D eigenvalue weighted by Gasteiger charge is 2.26. The molecule has 1 aliphatic heterocycles. The molecule has 1 amide bonds. The van der Waals surface area contributed by atoms with Gasteiger partial charge in [0.1, 0.15) is 0 Å². The molecule has 0 bridgehead atoms. The van der Waals surface area contributed by atoms with Crippen molar-refractivity contribution in [1.29, 1.82) is 0 Å². The van der Waals surface area contributed by atoms with Gasteiger partial charge in [0.05, 0.1) is 10.7 Å². The van der Waals surface area contributed by atoms with Crippen LogP contribution in [-0.2, 0) is 0 Å². The van der Waals surface area contributed by atoms with Crippen LogP contribution in [0.1, 0.15) is 22.9 Å². The van der Waals surface area contributed by atoms with Crippen LogP contribution >= 0.6 is 11.6 Å². The molecule has 1 atom stereocenters. The number of hydrogen-bond acceptors (Lipinski definition) is 5. The van der Waals surface area contributed by atoms with E-state index in [1.165, 1.54) is 0 Å². The summed E-state index contributed by atoms with van der Waals surface area (Å²) in [6.07, 6.45) is 0.855. The molecular formula is C14H15ClN4O2. The number of carbonyl (C=O) groups is 1. The van der Waals surface area contributed by atoms with Gasteiger partial charge in [0.25, 0.3) is 11.7 Å². The standard InChI is InChI=1S/C14H15ClN4O2/c1-9-16-13(18-21-9)14(20)17-10-6-7-19(8-10)12-5-3-2-4-11(12)15/h2-5,10H,6-8H2,1H3,(H,17,20). The fraction of sp³-hybridized carbons (Fsp3) is 0.357. The Hall–Kier alpha value is -2.08. The molecule has 1 aromatic carbocycles. The monoisotopic (exact) mass is 306 g/mol. The number of para-hydroxylation sites is 1. The molecular weight excluding hydrogens is 292 g/mol. The van der Waals surface area contributed by atoms with E-state index in [4.69, 9.17) is 16.1 Å². The number of anilines is 1. The highest BCUT2D eigenvalue weighted by atomic mass is 35.5. The smallest absolute Gasteiger partial charge is 0.292 e. The minimum absolute atomic E-state index is 0.0487. The van der Waals surface area contributed by atoms with Crippen molar-refractivity contribution in [3.05, 3.63) is 41.0 Å². The topological polar surface area (TPSA) is 71.3 Å². The van der Waals surface area contributed by atoms with Crippen LogP contribution < -0.4 is 10.2 Å². The molecule has 110 valence electrons. The Morgan fingerprint density at radius 1 is 1.48 bits per heavy atom. The number of aryl methyl sites for hydroxylation is 1. The molecule has 1 saturated heterocycles. The highest BCUT2D eigenvalue weighted by molar-refractivity contribution is 6.33. The van der Waals surface area contributed by atoms with Gasteiger partial charge in [0.15, 0.2) is 0 Å². The van der Waals surface area contributed by atoms with Crippen molar-refractivity contribution >= 4 is 23.2 Å². The maximum Gasteiger partial charge on any atom is 0.292 e. The Bertz CT molecular complexity index is 658. The summed E-state index contributed by atoms with van der Waals surface area (Å²) in [5.41, 5.74) is 0.992. The van der Waals surface area contributed by atoms with Crippen molar-refractivity contribution in [2.75, 3.05) is 18.0 Å². The molecule has 1 fully saturated rings. The second kappa shape index (κ2) is 5.73. The number of amides is 1. The number of hydrogen-bond donors (Lipinski definition) is 1. The number of halogens is 1. The first-order valence-electron chi connectivity index (χ1n) is 6.74. The lowest BCUT2D eigenvalue weighted by Gasteiger charge is -2.20. The summed E-state index contributed by atoms with van der Waals surface area (Å²) in [6.45, 7) is 3.21. The number of rotatable bonds is 3. The predicted molar refractivity (Wildman–Crippen MR) is 78.6 cm³/mol. The lowest BCUT2D eigenvalue weighted by molar-refractivity contribution is 0.0927. The summed E-state index contributed by atoms with van der Waals surface area (Å²) in [7, 11) is 0. The molecule has 2 aromatic rings. The fourth-order valence-corrected chi connectivity index (χ4v) is 2.70. The lowest BCUT2D eigenvalue weighted by atomic mass is 10.2. The van der Waals surface area contributed by atoms with Gasteiger partial charge < -0.3 is 14.7 Å². The summed E-state index contributed by atoms with van der Waals surface area (Å²) in [5, 5.41) is 7.26. The number of aromatic nitrogens is 2. The number of carbonyl (C=O) groups excluding carboxylic acids is 1. The van der Waals surface area contributed by atoms with E-state index in [-0.39, 0.29) is 17.8 Å². The van der Waals surface area contributed by atoms with Crippen molar-refractivity contribution in [2.24, 2.45) is 0 Å². The Balaban J connectivity index is 1.63. The van der Waals surface area contributed by atoms with Crippen LogP contribution in [0.2, 0.25) is 5.02 Å². The maximum atomic E-state index is 12.0. The molecule has 7 heteroatoms. The summed E-state index contributed by atoms with van der Waals surface area (Å²) >= 11 is 6.19.